The number of halogens is 4. The summed E-state index contributed by atoms with van der Waals surface area (Å²) in [6.45, 7) is 0. The topological polar surface area (TPSA) is 158 Å². The van der Waals surface area contributed by atoms with Gasteiger partial charge in [-0.15, -0.1) is 55.4 Å². The van der Waals surface area contributed by atoms with E-state index in [1.54, 1.807) is 65.2 Å². The second-order valence-corrected chi connectivity index (χ2v) is 15.4. The van der Waals surface area contributed by atoms with Gasteiger partial charge in [-0.25, -0.2) is 28.4 Å². The predicted octanol–water partition coefficient (Wildman–Crippen LogP) is 7.42. The van der Waals surface area contributed by atoms with Crippen LogP contribution < -0.4 is 0 Å². The van der Waals surface area contributed by atoms with E-state index in [0.29, 0.717) is 22.6 Å². The summed E-state index contributed by atoms with van der Waals surface area (Å²) in [4.78, 5) is 16.0. The number of nitrogens with zero attached hydrogens (tertiary/aromatic N) is 8. The molecule has 0 amide bonds. The molecule has 0 saturated carbocycles. The molecular formula is C24H26Cl4N8O2S4. The van der Waals surface area contributed by atoms with Crippen LogP contribution in [0.2, 0.25) is 10.3 Å². The van der Waals surface area contributed by atoms with Crippen molar-refractivity contribution in [1.82, 2.24) is 19.9 Å². The molecular weight excluding hydrogens is 702 g/mol. The minimum absolute atomic E-state index is 0. The predicted molar refractivity (Wildman–Crippen MR) is 176 cm³/mol. The van der Waals surface area contributed by atoms with Crippen LogP contribution in [0.3, 0.4) is 0 Å². The molecule has 42 heavy (non-hydrogen) atoms. The number of pyridine rings is 2. The van der Waals surface area contributed by atoms with Crippen molar-refractivity contribution in [2.45, 2.75) is 23.3 Å². The number of alkyl halides is 1. The SMILES string of the molecule is CS(=O)(=NC#N)C(Cc1cscn1)c1ccc(Cl)nc1.CS(=O)(Cc1ccc(Cl)nc1)=NC#N.Cl.ClCc1cscn1.[2HH]. The monoisotopic (exact) mass is 727 g/mol. The number of aromatic nitrogens is 4. The Balaban J connectivity index is 0.000000668. The molecule has 3 unspecified atom stereocenters. The number of hydrogen-bond donors (Lipinski definition) is 0. The summed E-state index contributed by atoms with van der Waals surface area (Å²) in [7, 11) is -5.19. The summed E-state index contributed by atoms with van der Waals surface area (Å²) in [5, 5.41) is 21.1. The lowest BCUT2D eigenvalue weighted by atomic mass is 10.1. The lowest BCUT2D eigenvalue weighted by molar-refractivity contribution is 0.666. The second-order valence-electron chi connectivity index (χ2n) is 8.04. The molecule has 4 aromatic rings. The summed E-state index contributed by atoms with van der Waals surface area (Å²) >= 11 is 19.8. The van der Waals surface area contributed by atoms with Crippen LogP contribution in [0.15, 0.2) is 67.2 Å². The third-order valence-corrected chi connectivity index (χ3v) is 10.1. The molecule has 4 aromatic heterocycles. The van der Waals surface area contributed by atoms with Gasteiger partial charge in [0.2, 0.25) is 12.4 Å². The first kappa shape index (κ1) is 37.6. The van der Waals surface area contributed by atoms with Crippen molar-refractivity contribution in [3.63, 3.8) is 0 Å². The quantitative estimate of drug-likeness (QED) is 0.108. The number of rotatable bonds is 7. The minimum Gasteiger partial charge on any atom is -0.250 e. The van der Waals surface area contributed by atoms with Crippen molar-refractivity contribution in [3.8, 4) is 12.4 Å². The van der Waals surface area contributed by atoms with E-state index in [1.807, 2.05) is 10.8 Å². The van der Waals surface area contributed by atoms with Crippen LogP contribution in [0.5, 0.6) is 0 Å². The van der Waals surface area contributed by atoms with Crippen LogP contribution >= 0.6 is 69.9 Å². The molecule has 0 aliphatic carbocycles. The maximum Gasteiger partial charge on any atom is 0.214 e. The highest BCUT2D eigenvalue weighted by Gasteiger charge is 2.23. The summed E-state index contributed by atoms with van der Waals surface area (Å²) in [5.41, 5.74) is 6.75. The summed E-state index contributed by atoms with van der Waals surface area (Å²) < 4.78 is 31.1. The number of thiazole rings is 2. The van der Waals surface area contributed by atoms with Gasteiger partial charge in [-0.2, -0.15) is 10.5 Å². The molecule has 10 nitrogen and oxygen atoms in total. The molecule has 0 radical (unpaired) electrons. The first-order valence-corrected chi connectivity index (χ1v) is 18.4. The zero-order chi connectivity index (χ0) is 30.3. The highest BCUT2D eigenvalue weighted by Crippen LogP contribution is 2.28. The average Bonchev–Trinajstić information content (AvgIpc) is 3.64. The van der Waals surface area contributed by atoms with Gasteiger partial charge >= 0.3 is 0 Å². The van der Waals surface area contributed by atoms with E-state index in [-0.39, 0.29) is 19.6 Å². The zero-order valence-corrected chi connectivity index (χ0v) is 28.4. The lowest BCUT2D eigenvalue weighted by Gasteiger charge is -2.17. The molecule has 18 heteroatoms. The Hall–Kier alpha value is -2.40. The molecule has 3 atom stereocenters. The van der Waals surface area contributed by atoms with E-state index in [0.717, 1.165) is 22.5 Å². The lowest BCUT2D eigenvalue weighted by Crippen LogP contribution is -2.14. The van der Waals surface area contributed by atoms with Crippen molar-refractivity contribution in [2.75, 3.05) is 12.5 Å². The van der Waals surface area contributed by atoms with E-state index in [9.17, 15) is 8.42 Å². The van der Waals surface area contributed by atoms with Gasteiger partial charge in [0.25, 0.3) is 0 Å². The number of hydrogen-bond acceptors (Lipinski definition) is 12. The van der Waals surface area contributed by atoms with Crippen molar-refractivity contribution < 1.29 is 9.84 Å². The molecule has 4 heterocycles. The van der Waals surface area contributed by atoms with Crippen LogP contribution in [0.4, 0.5) is 0 Å². The van der Waals surface area contributed by atoms with Crippen molar-refractivity contribution in [3.05, 3.63) is 91.3 Å². The normalized spacial score (nSPS) is 13.4. The summed E-state index contributed by atoms with van der Waals surface area (Å²) in [6.07, 6.45) is 9.62. The smallest absolute Gasteiger partial charge is 0.214 e. The molecule has 0 saturated heterocycles. The Morgan fingerprint density at radius 3 is 1.90 bits per heavy atom. The molecule has 226 valence electrons. The van der Waals surface area contributed by atoms with Gasteiger partial charge in [0.15, 0.2) is 0 Å². The van der Waals surface area contributed by atoms with Gasteiger partial charge in [0.05, 0.1) is 58.7 Å². The Labute approximate surface area is 276 Å². The van der Waals surface area contributed by atoms with Gasteiger partial charge in [-0.05, 0) is 23.3 Å². The molecule has 4 rings (SSSR count). The second kappa shape index (κ2) is 19.0. The molecule has 0 fully saturated rings. The molecule has 0 N–H and O–H groups in total. The first-order chi connectivity index (χ1) is 19.5. The Kier molecular flexibility index (Phi) is 17.0. The molecule has 0 aliphatic rings. The van der Waals surface area contributed by atoms with Gasteiger partial charge < -0.3 is 0 Å². The van der Waals surface area contributed by atoms with Gasteiger partial charge in [0.1, 0.15) is 10.3 Å². The molecule has 0 bridgehead atoms. The highest BCUT2D eigenvalue weighted by atomic mass is 35.5. The van der Waals surface area contributed by atoms with Crippen LogP contribution in [0.25, 0.3) is 0 Å². The van der Waals surface area contributed by atoms with Crippen molar-refractivity contribution in [1.29, 1.82) is 10.5 Å². The van der Waals surface area contributed by atoms with Gasteiger partial charge in [0, 0.05) is 43.5 Å². The Bertz CT molecular complexity index is 1700. The fourth-order valence-corrected chi connectivity index (χ4v) is 7.03. The van der Waals surface area contributed by atoms with E-state index < -0.39 is 24.7 Å². The standard InChI is InChI=1S/C12H11ClN4OS2.C8H8ClN3OS.C4H4ClNS.ClH.H2/c1-20(18,17-7-14)11(4-10-6-19-8-16-10)9-2-3-12(13)15-5-9;1-14(13,12-6-10)5-7-2-3-8(9)11-4-7;5-1-4-2-7-3-6-4;;/h2-3,5-6,8,11H,4H2,1H3;2-4H,5H2,1H3;2-3H,1H2;2*1H/i;;;;1+1. The van der Waals surface area contributed by atoms with Crippen molar-refractivity contribution in [2.24, 2.45) is 8.73 Å². The average molecular weight is 730 g/mol. The fraction of sp³-hybridized carbons (Fsp3) is 0.250. The molecule has 0 aromatic carbocycles. The molecule has 0 aliphatic heterocycles. The Morgan fingerprint density at radius 1 is 0.905 bits per heavy atom. The van der Waals surface area contributed by atoms with E-state index in [1.165, 1.54) is 30.0 Å². The number of nitriles is 2. The van der Waals surface area contributed by atoms with Crippen LogP contribution in [0.1, 0.15) is 29.2 Å². The zero-order valence-electron chi connectivity index (χ0n) is 22.0. The van der Waals surface area contributed by atoms with Crippen molar-refractivity contribution >= 4 is 89.3 Å². The summed E-state index contributed by atoms with van der Waals surface area (Å²) in [5.74, 6) is 0.744. The fourth-order valence-electron chi connectivity index (χ4n) is 3.00. The highest BCUT2D eigenvalue weighted by molar-refractivity contribution is 7.93. The maximum absolute atomic E-state index is 12.6. The third kappa shape index (κ3) is 13.7. The minimum atomic E-state index is -2.72. The van der Waals surface area contributed by atoms with Crippen LogP contribution in [-0.4, -0.2) is 40.9 Å². The molecule has 0 spiro atoms. The Morgan fingerprint density at radius 2 is 1.48 bits per heavy atom. The van der Waals surface area contributed by atoms with Crippen LogP contribution in [-0.2, 0) is 37.5 Å². The summed E-state index contributed by atoms with van der Waals surface area (Å²) in [6, 6.07) is 6.71. The van der Waals surface area contributed by atoms with E-state index in [4.69, 9.17) is 45.3 Å². The first-order valence-electron chi connectivity index (χ1n) is 11.2. The largest absolute Gasteiger partial charge is 0.250 e. The van der Waals surface area contributed by atoms with E-state index >= 15 is 0 Å². The van der Waals surface area contributed by atoms with E-state index in [2.05, 4.69) is 28.7 Å². The maximum atomic E-state index is 12.6. The van der Waals surface area contributed by atoms with Gasteiger partial charge in [-0.3, -0.25) is 0 Å². The third-order valence-electron chi connectivity index (χ3n) is 4.83. The van der Waals surface area contributed by atoms with Gasteiger partial charge in [-0.1, -0.05) is 35.3 Å². The van der Waals surface area contributed by atoms with Crippen LogP contribution in [0, 0.1) is 22.9 Å².